The van der Waals surface area contributed by atoms with Crippen LogP contribution in [0.3, 0.4) is 0 Å². The normalized spacial score (nSPS) is 27.4. The maximum Gasteiger partial charge on any atom is 0.421 e. The van der Waals surface area contributed by atoms with Gasteiger partial charge in [0.05, 0.1) is 6.04 Å². The number of halogens is 6. The van der Waals surface area contributed by atoms with Crippen molar-refractivity contribution in [1.29, 1.82) is 0 Å². The van der Waals surface area contributed by atoms with Crippen molar-refractivity contribution < 1.29 is 26.3 Å². The van der Waals surface area contributed by atoms with Gasteiger partial charge < -0.3 is 4.90 Å². The molecule has 2 atom stereocenters. The number of alkyl halides is 6. The van der Waals surface area contributed by atoms with Crippen LogP contribution >= 0.6 is 0 Å². The Morgan fingerprint density at radius 1 is 1.00 bits per heavy atom. The minimum Gasteiger partial charge on any atom is -0.312 e. The summed E-state index contributed by atoms with van der Waals surface area (Å²) >= 11 is 0. The van der Waals surface area contributed by atoms with Crippen molar-refractivity contribution in [3.63, 3.8) is 0 Å². The van der Waals surface area contributed by atoms with Crippen LogP contribution in [0.4, 0.5) is 32.3 Å². The second kappa shape index (κ2) is 4.11. The van der Waals surface area contributed by atoms with Crippen LogP contribution in [0.5, 0.6) is 0 Å². The van der Waals surface area contributed by atoms with Crippen molar-refractivity contribution in [3.8, 4) is 0 Å². The SMILES string of the molecule is FC(F)(F)C1(C(F)(F)F)C2C=CC(C2)N1c1ncccn1. The molecule has 1 fully saturated rings. The molecule has 1 saturated heterocycles. The van der Waals surface area contributed by atoms with E-state index >= 15 is 0 Å². The molecule has 0 spiro atoms. The Labute approximate surface area is 115 Å². The van der Waals surface area contributed by atoms with Crippen LogP contribution in [0.15, 0.2) is 30.6 Å². The van der Waals surface area contributed by atoms with Gasteiger partial charge in [0.2, 0.25) is 11.5 Å². The first-order valence-electron chi connectivity index (χ1n) is 6.07. The summed E-state index contributed by atoms with van der Waals surface area (Å²) in [6, 6.07) is 0.317. The molecule has 2 aliphatic rings. The molecule has 2 heterocycles. The third-order valence-corrected chi connectivity index (χ3v) is 3.94. The Balaban J connectivity index is 2.24. The highest BCUT2D eigenvalue weighted by atomic mass is 19.4. The van der Waals surface area contributed by atoms with Gasteiger partial charge in [0.1, 0.15) is 0 Å². The second-order valence-electron chi connectivity index (χ2n) is 4.98. The van der Waals surface area contributed by atoms with Crippen LogP contribution in [-0.2, 0) is 0 Å². The van der Waals surface area contributed by atoms with Crippen LogP contribution < -0.4 is 4.90 Å². The van der Waals surface area contributed by atoms with Gasteiger partial charge in [0.25, 0.3) is 0 Å². The molecule has 1 aliphatic heterocycles. The van der Waals surface area contributed by atoms with E-state index in [4.69, 9.17) is 0 Å². The minimum atomic E-state index is -5.49. The van der Waals surface area contributed by atoms with E-state index in [9.17, 15) is 26.3 Å². The van der Waals surface area contributed by atoms with Crippen LogP contribution in [0.2, 0.25) is 0 Å². The summed E-state index contributed by atoms with van der Waals surface area (Å²) in [7, 11) is 0. The predicted octanol–water partition coefficient (Wildman–Crippen LogP) is 3.10. The van der Waals surface area contributed by atoms with Gasteiger partial charge in [-0.05, 0) is 12.5 Å². The van der Waals surface area contributed by atoms with E-state index in [1.54, 1.807) is 0 Å². The summed E-state index contributed by atoms with van der Waals surface area (Å²) in [6.07, 6.45) is -6.66. The molecule has 0 N–H and O–H groups in total. The number of anilines is 1. The third kappa shape index (κ3) is 1.69. The maximum absolute atomic E-state index is 13.5. The van der Waals surface area contributed by atoms with Crippen molar-refractivity contribution in [2.45, 2.75) is 30.4 Å². The van der Waals surface area contributed by atoms with Gasteiger partial charge in [0, 0.05) is 18.3 Å². The molecule has 1 aromatic heterocycles. The monoisotopic (exact) mass is 309 g/mol. The number of aromatic nitrogens is 2. The molecule has 2 unspecified atom stereocenters. The highest BCUT2D eigenvalue weighted by molar-refractivity contribution is 5.50. The topological polar surface area (TPSA) is 29.0 Å². The first-order chi connectivity index (χ1) is 9.69. The van der Waals surface area contributed by atoms with Gasteiger partial charge in [0.15, 0.2) is 0 Å². The standard InChI is InChI=1S/C12H9F6N3/c13-11(14,15)10(12(16,17)18)7-2-3-8(6-7)21(10)9-19-4-1-5-20-9/h1-5,7-8H,6H2. The first kappa shape index (κ1) is 14.2. The van der Waals surface area contributed by atoms with E-state index in [0.717, 1.165) is 18.5 Å². The van der Waals surface area contributed by atoms with E-state index in [2.05, 4.69) is 9.97 Å². The summed E-state index contributed by atoms with van der Waals surface area (Å²) < 4.78 is 80.7. The Hall–Kier alpha value is -1.80. The summed E-state index contributed by atoms with van der Waals surface area (Å²) in [5.41, 5.74) is -3.97. The average Bonchev–Trinajstić information content (AvgIpc) is 2.96. The number of rotatable bonds is 1. The molecule has 9 heteroatoms. The summed E-state index contributed by atoms with van der Waals surface area (Å²) in [5.74, 6) is -2.25. The zero-order valence-electron chi connectivity index (χ0n) is 10.4. The second-order valence-corrected chi connectivity index (χ2v) is 4.98. The molecule has 1 aliphatic carbocycles. The van der Waals surface area contributed by atoms with Gasteiger partial charge in [-0.15, -0.1) is 0 Å². The van der Waals surface area contributed by atoms with Crippen molar-refractivity contribution in [3.05, 3.63) is 30.6 Å². The number of hydrogen-bond acceptors (Lipinski definition) is 3. The molecule has 3 nitrogen and oxygen atoms in total. The third-order valence-electron chi connectivity index (χ3n) is 3.94. The van der Waals surface area contributed by atoms with E-state index in [1.807, 2.05) is 0 Å². The number of hydrogen-bond donors (Lipinski definition) is 0. The number of fused-ring (bicyclic) bond motifs is 2. The van der Waals surface area contributed by atoms with Gasteiger partial charge >= 0.3 is 12.4 Å². The Morgan fingerprint density at radius 3 is 2.10 bits per heavy atom. The first-order valence-corrected chi connectivity index (χ1v) is 6.07. The molecule has 114 valence electrons. The van der Waals surface area contributed by atoms with Crippen molar-refractivity contribution in [2.75, 3.05) is 4.90 Å². The summed E-state index contributed by atoms with van der Waals surface area (Å²) in [5, 5.41) is 0. The van der Waals surface area contributed by atoms with Crippen LogP contribution in [-0.4, -0.2) is 33.9 Å². The summed E-state index contributed by atoms with van der Waals surface area (Å²) in [6.45, 7) is 0. The molecule has 0 saturated carbocycles. The fourth-order valence-electron chi connectivity index (χ4n) is 3.20. The smallest absolute Gasteiger partial charge is 0.312 e. The zero-order chi connectivity index (χ0) is 15.5. The van der Waals surface area contributed by atoms with Gasteiger partial charge in [-0.25, -0.2) is 9.97 Å². The highest BCUT2D eigenvalue weighted by Crippen LogP contribution is 2.60. The Morgan fingerprint density at radius 2 is 1.57 bits per heavy atom. The molecule has 1 aromatic rings. The Kier molecular flexibility index (Phi) is 2.77. The predicted molar refractivity (Wildman–Crippen MR) is 60.4 cm³/mol. The molecular weight excluding hydrogens is 300 g/mol. The van der Waals surface area contributed by atoms with Gasteiger partial charge in [-0.3, -0.25) is 0 Å². The lowest BCUT2D eigenvalue weighted by atomic mass is 9.83. The zero-order valence-corrected chi connectivity index (χ0v) is 10.4. The van der Waals surface area contributed by atoms with Crippen molar-refractivity contribution in [2.24, 2.45) is 5.92 Å². The average molecular weight is 309 g/mol. The van der Waals surface area contributed by atoms with Crippen LogP contribution in [0.1, 0.15) is 6.42 Å². The quantitative estimate of drug-likeness (QED) is 0.589. The summed E-state index contributed by atoms with van der Waals surface area (Å²) in [4.78, 5) is 7.43. The molecular formula is C12H9F6N3. The molecule has 0 radical (unpaired) electrons. The van der Waals surface area contributed by atoms with E-state index in [0.29, 0.717) is 0 Å². The molecule has 0 aromatic carbocycles. The molecule has 0 amide bonds. The van der Waals surface area contributed by atoms with Gasteiger partial charge in [-0.2, -0.15) is 26.3 Å². The Bertz CT molecular complexity index is 551. The van der Waals surface area contributed by atoms with E-state index in [1.165, 1.54) is 12.1 Å². The lowest BCUT2D eigenvalue weighted by Gasteiger charge is -2.46. The van der Waals surface area contributed by atoms with Crippen molar-refractivity contribution in [1.82, 2.24) is 9.97 Å². The van der Waals surface area contributed by atoms with Crippen molar-refractivity contribution >= 4 is 5.95 Å². The van der Waals surface area contributed by atoms with E-state index in [-0.39, 0.29) is 11.3 Å². The molecule has 21 heavy (non-hydrogen) atoms. The van der Waals surface area contributed by atoms with Crippen LogP contribution in [0.25, 0.3) is 0 Å². The molecule has 3 rings (SSSR count). The van der Waals surface area contributed by atoms with Gasteiger partial charge in [-0.1, -0.05) is 12.2 Å². The van der Waals surface area contributed by atoms with Crippen LogP contribution in [0, 0.1) is 5.92 Å². The lowest BCUT2D eigenvalue weighted by Crippen LogP contribution is -2.70. The largest absolute Gasteiger partial charge is 0.421 e. The lowest BCUT2D eigenvalue weighted by molar-refractivity contribution is -0.302. The fraction of sp³-hybridized carbons (Fsp3) is 0.500. The molecule has 2 bridgehead atoms. The highest BCUT2D eigenvalue weighted by Gasteiger charge is 2.81. The fourth-order valence-corrected chi connectivity index (χ4v) is 3.20. The minimum absolute atomic E-state index is 0.253. The van der Waals surface area contributed by atoms with E-state index < -0.39 is 35.8 Å². The number of nitrogens with zero attached hydrogens (tertiary/aromatic N) is 3. The maximum atomic E-state index is 13.5.